The van der Waals surface area contributed by atoms with Crippen molar-refractivity contribution >= 4 is 11.3 Å². The van der Waals surface area contributed by atoms with Crippen LogP contribution in [0.3, 0.4) is 0 Å². The van der Waals surface area contributed by atoms with Crippen LogP contribution in [0.2, 0.25) is 0 Å². The second kappa shape index (κ2) is 5.14. The number of hydrogen-bond acceptors (Lipinski definition) is 4. The van der Waals surface area contributed by atoms with E-state index in [-0.39, 0.29) is 5.56 Å². The van der Waals surface area contributed by atoms with E-state index in [1.807, 2.05) is 5.38 Å². The lowest BCUT2D eigenvalue weighted by molar-refractivity contribution is 0.344. The molecule has 0 atom stereocenters. The molecule has 4 nitrogen and oxygen atoms in total. The summed E-state index contributed by atoms with van der Waals surface area (Å²) in [5.74, 6) is 0. The van der Waals surface area contributed by atoms with Crippen molar-refractivity contribution in [1.29, 1.82) is 0 Å². The van der Waals surface area contributed by atoms with Crippen molar-refractivity contribution in [3.8, 4) is 6.01 Å². The number of rotatable bonds is 4. The number of thiophene rings is 1. The zero-order chi connectivity index (χ0) is 12.3. The fourth-order valence-electron chi connectivity index (χ4n) is 1.63. The van der Waals surface area contributed by atoms with Gasteiger partial charge < -0.3 is 4.74 Å². The van der Waals surface area contributed by atoms with Crippen LogP contribution in [0.25, 0.3) is 0 Å². The quantitative estimate of drug-likeness (QED) is 0.832. The Hall–Kier alpha value is -1.62. The van der Waals surface area contributed by atoms with Crippen molar-refractivity contribution in [3.63, 3.8) is 0 Å². The predicted octanol–water partition coefficient (Wildman–Crippen LogP) is 1.86. The zero-order valence-corrected chi connectivity index (χ0v) is 10.7. The number of aryl methyl sites for hydroxylation is 2. The molecule has 0 amide bonds. The van der Waals surface area contributed by atoms with E-state index in [1.165, 1.54) is 18.7 Å². The molecule has 0 saturated heterocycles. The van der Waals surface area contributed by atoms with Crippen LogP contribution in [-0.2, 0) is 13.0 Å². The zero-order valence-electron chi connectivity index (χ0n) is 9.84. The van der Waals surface area contributed by atoms with Crippen molar-refractivity contribution < 1.29 is 4.74 Å². The van der Waals surface area contributed by atoms with Crippen molar-refractivity contribution in [2.45, 2.75) is 19.9 Å². The standard InChI is InChI=1S/C12H14N2O2S/c1-9-7-11(15)14(12(13-9)16-2)5-3-10-4-6-17-8-10/h4,6-8H,3,5H2,1-2H3. The van der Waals surface area contributed by atoms with E-state index in [2.05, 4.69) is 16.4 Å². The molecule has 5 heteroatoms. The number of aromatic nitrogens is 2. The van der Waals surface area contributed by atoms with Gasteiger partial charge in [-0.1, -0.05) is 0 Å². The van der Waals surface area contributed by atoms with E-state index in [4.69, 9.17) is 4.74 Å². The summed E-state index contributed by atoms with van der Waals surface area (Å²) < 4.78 is 6.69. The molecule has 17 heavy (non-hydrogen) atoms. The van der Waals surface area contributed by atoms with Gasteiger partial charge in [0.15, 0.2) is 0 Å². The molecule has 2 rings (SSSR count). The number of nitrogens with zero attached hydrogens (tertiary/aromatic N) is 2. The first kappa shape index (κ1) is 11.9. The Balaban J connectivity index is 2.23. The smallest absolute Gasteiger partial charge is 0.299 e. The maximum atomic E-state index is 11.8. The molecule has 0 N–H and O–H groups in total. The van der Waals surface area contributed by atoms with Crippen LogP contribution in [0.5, 0.6) is 6.01 Å². The normalized spacial score (nSPS) is 10.5. The molecular formula is C12H14N2O2S. The number of methoxy groups -OCH3 is 1. The van der Waals surface area contributed by atoms with Crippen LogP contribution in [-0.4, -0.2) is 16.7 Å². The average molecular weight is 250 g/mol. The van der Waals surface area contributed by atoms with Crippen molar-refractivity contribution in [3.05, 3.63) is 44.5 Å². The molecule has 0 fully saturated rings. The Morgan fingerprint density at radius 3 is 3.00 bits per heavy atom. The third-order valence-electron chi connectivity index (χ3n) is 2.49. The molecule has 0 aliphatic carbocycles. The Labute approximate surface area is 104 Å². The Bertz CT molecular complexity index is 546. The third kappa shape index (κ3) is 2.74. The van der Waals surface area contributed by atoms with Crippen molar-refractivity contribution in [1.82, 2.24) is 9.55 Å². The summed E-state index contributed by atoms with van der Waals surface area (Å²) in [6.07, 6.45) is 0.810. The summed E-state index contributed by atoms with van der Waals surface area (Å²) in [5.41, 5.74) is 1.84. The second-order valence-corrected chi connectivity index (χ2v) is 4.54. The van der Waals surface area contributed by atoms with E-state index in [9.17, 15) is 4.79 Å². The highest BCUT2D eigenvalue weighted by molar-refractivity contribution is 7.07. The van der Waals surface area contributed by atoms with Gasteiger partial charge in [0.05, 0.1) is 7.11 Å². The lowest BCUT2D eigenvalue weighted by Crippen LogP contribution is -2.23. The highest BCUT2D eigenvalue weighted by atomic mass is 32.1. The highest BCUT2D eigenvalue weighted by Crippen LogP contribution is 2.10. The van der Waals surface area contributed by atoms with E-state index >= 15 is 0 Å². The van der Waals surface area contributed by atoms with Gasteiger partial charge in [-0.2, -0.15) is 11.3 Å². The third-order valence-corrected chi connectivity index (χ3v) is 3.22. The molecule has 0 bridgehead atoms. The highest BCUT2D eigenvalue weighted by Gasteiger charge is 2.07. The molecule has 0 radical (unpaired) electrons. The van der Waals surface area contributed by atoms with Gasteiger partial charge in [-0.3, -0.25) is 9.36 Å². The minimum Gasteiger partial charge on any atom is -0.468 e. The Morgan fingerprint density at radius 2 is 2.35 bits per heavy atom. The minimum absolute atomic E-state index is 0.0652. The van der Waals surface area contributed by atoms with E-state index in [1.54, 1.807) is 22.8 Å². The van der Waals surface area contributed by atoms with Crippen LogP contribution in [0.4, 0.5) is 0 Å². The van der Waals surface area contributed by atoms with Gasteiger partial charge in [0.2, 0.25) is 0 Å². The molecule has 0 aromatic carbocycles. The minimum atomic E-state index is -0.0652. The fraction of sp³-hybridized carbons (Fsp3) is 0.333. The summed E-state index contributed by atoms with van der Waals surface area (Å²) in [5, 5.41) is 4.11. The second-order valence-electron chi connectivity index (χ2n) is 3.76. The van der Waals surface area contributed by atoms with Crippen LogP contribution >= 0.6 is 11.3 Å². The van der Waals surface area contributed by atoms with Crippen LogP contribution in [0.15, 0.2) is 27.7 Å². The molecular weight excluding hydrogens is 236 g/mol. The van der Waals surface area contributed by atoms with Gasteiger partial charge in [-0.15, -0.1) is 0 Å². The van der Waals surface area contributed by atoms with Crippen LogP contribution in [0.1, 0.15) is 11.3 Å². The van der Waals surface area contributed by atoms with Gasteiger partial charge in [0.1, 0.15) is 0 Å². The topological polar surface area (TPSA) is 44.1 Å². The van der Waals surface area contributed by atoms with Crippen molar-refractivity contribution in [2.24, 2.45) is 0 Å². The SMILES string of the molecule is COc1nc(C)cc(=O)n1CCc1ccsc1. The molecule has 2 aromatic heterocycles. The molecule has 0 aliphatic heterocycles. The Morgan fingerprint density at radius 1 is 1.53 bits per heavy atom. The summed E-state index contributed by atoms with van der Waals surface area (Å²) in [7, 11) is 1.53. The summed E-state index contributed by atoms with van der Waals surface area (Å²) in [4.78, 5) is 16.0. The van der Waals surface area contributed by atoms with Gasteiger partial charge >= 0.3 is 0 Å². The first-order chi connectivity index (χ1) is 8.20. The first-order valence-electron chi connectivity index (χ1n) is 5.34. The predicted molar refractivity (Wildman–Crippen MR) is 67.8 cm³/mol. The molecule has 90 valence electrons. The van der Waals surface area contributed by atoms with E-state index in [0.29, 0.717) is 18.2 Å². The maximum absolute atomic E-state index is 11.8. The average Bonchev–Trinajstić information content (AvgIpc) is 2.79. The van der Waals surface area contributed by atoms with Gasteiger partial charge in [-0.05, 0) is 35.7 Å². The first-order valence-corrected chi connectivity index (χ1v) is 6.28. The number of ether oxygens (including phenoxy) is 1. The van der Waals surface area contributed by atoms with Gasteiger partial charge in [0, 0.05) is 18.3 Å². The summed E-state index contributed by atoms with van der Waals surface area (Å²) in [6, 6.07) is 3.96. The Kier molecular flexibility index (Phi) is 3.58. The van der Waals surface area contributed by atoms with Gasteiger partial charge in [0.25, 0.3) is 11.6 Å². The summed E-state index contributed by atoms with van der Waals surface area (Å²) >= 11 is 1.66. The summed E-state index contributed by atoms with van der Waals surface area (Å²) in [6.45, 7) is 2.37. The molecule has 2 aromatic rings. The van der Waals surface area contributed by atoms with Crippen LogP contribution in [0, 0.1) is 6.92 Å². The van der Waals surface area contributed by atoms with E-state index < -0.39 is 0 Å². The van der Waals surface area contributed by atoms with E-state index in [0.717, 1.165) is 6.42 Å². The molecule has 0 aliphatic rings. The maximum Gasteiger partial charge on any atom is 0.299 e. The number of hydrogen-bond donors (Lipinski definition) is 0. The molecule has 0 saturated carbocycles. The fourth-order valence-corrected chi connectivity index (χ4v) is 2.33. The lowest BCUT2D eigenvalue weighted by atomic mass is 10.2. The lowest BCUT2D eigenvalue weighted by Gasteiger charge is -2.10. The molecule has 0 unspecified atom stereocenters. The molecule has 0 spiro atoms. The van der Waals surface area contributed by atoms with Crippen LogP contribution < -0.4 is 10.3 Å². The monoisotopic (exact) mass is 250 g/mol. The van der Waals surface area contributed by atoms with Gasteiger partial charge in [-0.25, -0.2) is 4.98 Å². The molecule has 2 heterocycles. The van der Waals surface area contributed by atoms with Crippen molar-refractivity contribution in [2.75, 3.05) is 7.11 Å². The largest absolute Gasteiger partial charge is 0.468 e.